The molecule has 1 atom stereocenters. The van der Waals surface area contributed by atoms with Crippen molar-refractivity contribution in [1.82, 2.24) is 4.98 Å². The summed E-state index contributed by atoms with van der Waals surface area (Å²) in [6.45, 7) is 1.94. The van der Waals surface area contributed by atoms with Crippen LogP contribution in [0.5, 0.6) is 5.75 Å². The lowest BCUT2D eigenvalue weighted by Gasteiger charge is -2.13. The number of carbonyl (C=O) groups excluding carboxylic acids is 1. The first-order valence-electron chi connectivity index (χ1n) is 6.55. The Morgan fingerprint density at radius 2 is 2.05 bits per heavy atom. The van der Waals surface area contributed by atoms with Crippen LogP contribution in [-0.4, -0.2) is 23.2 Å². The van der Waals surface area contributed by atoms with Crippen LogP contribution in [0.3, 0.4) is 0 Å². The first-order valence-corrected chi connectivity index (χ1v) is 6.55. The van der Waals surface area contributed by atoms with Crippen LogP contribution in [0.2, 0.25) is 0 Å². The van der Waals surface area contributed by atoms with Crippen molar-refractivity contribution in [2.24, 2.45) is 0 Å². The Morgan fingerprint density at radius 3 is 2.67 bits per heavy atom. The quantitative estimate of drug-likeness (QED) is 0.856. The van der Waals surface area contributed by atoms with Gasteiger partial charge in [0, 0.05) is 11.8 Å². The van der Waals surface area contributed by atoms with E-state index in [0.717, 1.165) is 5.56 Å². The first-order chi connectivity index (χ1) is 10.1. The van der Waals surface area contributed by atoms with Gasteiger partial charge in [-0.2, -0.15) is 0 Å². The zero-order valence-corrected chi connectivity index (χ0v) is 11.9. The van der Waals surface area contributed by atoms with Gasteiger partial charge in [0.15, 0.2) is 0 Å². The van der Waals surface area contributed by atoms with E-state index in [9.17, 15) is 9.90 Å². The number of aromatic nitrogens is 1. The van der Waals surface area contributed by atoms with Gasteiger partial charge in [0.05, 0.1) is 24.5 Å². The molecule has 0 fully saturated rings. The van der Waals surface area contributed by atoms with Crippen LogP contribution in [0.1, 0.15) is 34.6 Å². The predicted molar refractivity (Wildman–Crippen MR) is 77.0 cm³/mol. The number of esters is 1. The van der Waals surface area contributed by atoms with Crippen molar-refractivity contribution in [3.05, 3.63) is 59.4 Å². The standard InChI is InChI=1S/C16H17NO4/c1-11(18)14-5-3-4-6-15(14)21-10-13-8-7-12(9-17-13)16(19)20-2/h3-9,11,18H,10H2,1-2H3/t11-/m0/s1. The molecule has 0 aliphatic carbocycles. The molecule has 5 heteroatoms. The van der Waals surface area contributed by atoms with E-state index >= 15 is 0 Å². The Hall–Kier alpha value is -2.40. The second-order valence-corrected chi connectivity index (χ2v) is 4.53. The zero-order chi connectivity index (χ0) is 15.2. The number of aliphatic hydroxyl groups excluding tert-OH is 1. The fourth-order valence-electron chi connectivity index (χ4n) is 1.86. The van der Waals surface area contributed by atoms with Gasteiger partial charge in [-0.25, -0.2) is 4.79 Å². The fraction of sp³-hybridized carbons (Fsp3) is 0.250. The van der Waals surface area contributed by atoms with Crippen molar-refractivity contribution in [2.45, 2.75) is 19.6 Å². The van der Waals surface area contributed by atoms with E-state index < -0.39 is 12.1 Å². The molecule has 0 unspecified atom stereocenters. The van der Waals surface area contributed by atoms with Gasteiger partial charge >= 0.3 is 5.97 Å². The van der Waals surface area contributed by atoms with Crippen molar-refractivity contribution in [3.63, 3.8) is 0 Å². The summed E-state index contributed by atoms with van der Waals surface area (Å²) in [4.78, 5) is 15.5. The lowest BCUT2D eigenvalue weighted by Crippen LogP contribution is -2.05. The van der Waals surface area contributed by atoms with Crippen LogP contribution in [0, 0.1) is 0 Å². The van der Waals surface area contributed by atoms with E-state index in [1.807, 2.05) is 18.2 Å². The second-order valence-electron chi connectivity index (χ2n) is 4.53. The van der Waals surface area contributed by atoms with Gasteiger partial charge in [0.2, 0.25) is 0 Å². The summed E-state index contributed by atoms with van der Waals surface area (Å²) in [6.07, 6.45) is 0.848. The highest BCUT2D eigenvalue weighted by molar-refractivity contribution is 5.88. The maximum Gasteiger partial charge on any atom is 0.339 e. The van der Waals surface area contributed by atoms with Crippen LogP contribution < -0.4 is 4.74 Å². The maximum absolute atomic E-state index is 11.3. The molecule has 1 heterocycles. The molecule has 0 radical (unpaired) electrons. The summed E-state index contributed by atoms with van der Waals surface area (Å²) in [5, 5.41) is 9.68. The summed E-state index contributed by atoms with van der Waals surface area (Å²) in [6, 6.07) is 10.6. The Balaban J connectivity index is 2.05. The minimum absolute atomic E-state index is 0.255. The molecule has 1 N–H and O–H groups in total. The fourth-order valence-corrected chi connectivity index (χ4v) is 1.86. The third-order valence-electron chi connectivity index (χ3n) is 2.99. The van der Waals surface area contributed by atoms with Gasteiger partial charge in [0.1, 0.15) is 12.4 Å². The highest BCUT2D eigenvalue weighted by Gasteiger charge is 2.09. The van der Waals surface area contributed by atoms with Gasteiger partial charge in [-0.15, -0.1) is 0 Å². The maximum atomic E-state index is 11.3. The Kier molecular flexibility index (Phi) is 4.90. The number of pyridine rings is 1. The lowest BCUT2D eigenvalue weighted by atomic mass is 10.1. The van der Waals surface area contributed by atoms with Crippen LogP contribution in [0.15, 0.2) is 42.6 Å². The predicted octanol–water partition coefficient (Wildman–Crippen LogP) is 2.50. The molecular formula is C16H17NO4. The minimum Gasteiger partial charge on any atom is -0.487 e. The number of methoxy groups -OCH3 is 1. The molecule has 110 valence electrons. The summed E-state index contributed by atoms with van der Waals surface area (Å²) in [5.41, 5.74) is 1.80. The summed E-state index contributed by atoms with van der Waals surface area (Å²) < 4.78 is 10.3. The van der Waals surface area contributed by atoms with Gasteiger partial charge in [-0.3, -0.25) is 4.98 Å². The lowest BCUT2D eigenvalue weighted by molar-refractivity contribution is 0.0600. The Bertz CT molecular complexity index is 608. The minimum atomic E-state index is -0.601. The van der Waals surface area contributed by atoms with Crippen LogP contribution in [-0.2, 0) is 11.3 Å². The molecule has 2 aromatic rings. The van der Waals surface area contributed by atoms with Crippen molar-refractivity contribution in [1.29, 1.82) is 0 Å². The molecular weight excluding hydrogens is 270 g/mol. The van der Waals surface area contributed by atoms with E-state index in [1.54, 1.807) is 25.1 Å². The number of hydrogen-bond donors (Lipinski definition) is 1. The SMILES string of the molecule is COC(=O)c1ccc(COc2ccccc2[C@H](C)O)nc1. The zero-order valence-electron chi connectivity index (χ0n) is 11.9. The molecule has 21 heavy (non-hydrogen) atoms. The van der Waals surface area contributed by atoms with E-state index in [0.29, 0.717) is 17.0 Å². The van der Waals surface area contributed by atoms with E-state index in [1.165, 1.54) is 13.3 Å². The molecule has 0 aliphatic rings. The summed E-state index contributed by atoms with van der Waals surface area (Å²) in [5.74, 6) is 0.195. The Morgan fingerprint density at radius 1 is 1.29 bits per heavy atom. The van der Waals surface area contributed by atoms with Crippen molar-refractivity contribution < 1.29 is 19.4 Å². The third kappa shape index (κ3) is 3.79. The van der Waals surface area contributed by atoms with Crippen LogP contribution in [0.25, 0.3) is 0 Å². The average molecular weight is 287 g/mol. The number of nitrogens with zero attached hydrogens (tertiary/aromatic N) is 1. The monoisotopic (exact) mass is 287 g/mol. The van der Waals surface area contributed by atoms with Gasteiger partial charge in [0.25, 0.3) is 0 Å². The average Bonchev–Trinajstić information content (AvgIpc) is 2.52. The van der Waals surface area contributed by atoms with Crippen molar-refractivity contribution >= 4 is 5.97 Å². The molecule has 0 saturated carbocycles. The summed E-state index contributed by atoms with van der Waals surface area (Å²) >= 11 is 0. The largest absolute Gasteiger partial charge is 0.487 e. The molecule has 0 amide bonds. The van der Waals surface area contributed by atoms with Gasteiger partial charge in [-0.05, 0) is 25.1 Å². The van der Waals surface area contributed by atoms with Gasteiger partial charge in [-0.1, -0.05) is 18.2 Å². The number of rotatable bonds is 5. The number of ether oxygens (including phenoxy) is 2. The third-order valence-corrected chi connectivity index (χ3v) is 2.99. The highest BCUT2D eigenvalue weighted by Crippen LogP contribution is 2.25. The molecule has 1 aromatic heterocycles. The second kappa shape index (κ2) is 6.85. The first kappa shape index (κ1) is 15.0. The number of benzene rings is 1. The van der Waals surface area contributed by atoms with Crippen molar-refractivity contribution in [2.75, 3.05) is 7.11 Å². The van der Waals surface area contributed by atoms with E-state index in [-0.39, 0.29) is 6.61 Å². The highest BCUT2D eigenvalue weighted by atomic mass is 16.5. The van der Waals surface area contributed by atoms with Crippen LogP contribution >= 0.6 is 0 Å². The van der Waals surface area contributed by atoms with Crippen molar-refractivity contribution in [3.8, 4) is 5.75 Å². The molecule has 0 saturated heterocycles. The number of para-hydroxylation sites is 1. The van der Waals surface area contributed by atoms with Crippen LogP contribution in [0.4, 0.5) is 0 Å². The molecule has 0 aliphatic heterocycles. The number of carbonyl (C=O) groups is 1. The number of hydrogen-bond acceptors (Lipinski definition) is 5. The number of aliphatic hydroxyl groups is 1. The molecule has 2 rings (SSSR count). The Labute approximate surface area is 123 Å². The topological polar surface area (TPSA) is 68.7 Å². The van der Waals surface area contributed by atoms with E-state index in [4.69, 9.17) is 4.74 Å². The molecule has 5 nitrogen and oxygen atoms in total. The smallest absolute Gasteiger partial charge is 0.339 e. The molecule has 1 aromatic carbocycles. The summed E-state index contributed by atoms with van der Waals surface area (Å²) in [7, 11) is 1.33. The van der Waals surface area contributed by atoms with Gasteiger partial charge < -0.3 is 14.6 Å². The molecule has 0 bridgehead atoms. The molecule has 0 spiro atoms. The van der Waals surface area contributed by atoms with E-state index in [2.05, 4.69) is 9.72 Å². The normalized spacial score (nSPS) is 11.8.